The number of pyridine rings is 1. The van der Waals surface area contributed by atoms with Gasteiger partial charge in [0.1, 0.15) is 17.3 Å². The molecule has 2 N–H and O–H groups in total. The van der Waals surface area contributed by atoms with Crippen LogP contribution in [0.25, 0.3) is 0 Å². The molecule has 1 unspecified atom stereocenters. The zero-order chi connectivity index (χ0) is 25.6. The number of benzene rings is 1. The smallest absolute Gasteiger partial charge is 0.335 e. The number of ether oxygens (including phenoxy) is 1. The summed E-state index contributed by atoms with van der Waals surface area (Å²) in [5.74, 6) is 1.79. The third kappa shape index (κ3) is 6.09. The number of allylic oxidation sites excluding steroid dienone is 4. The number of nitrogens with zero attached hydrogens (tertiary/aromatic N) is 2. The first-order chi connectivity index (χ1) is 18.0. The van der Waals surface area contributed by atoms with Gasteiger partial charge in [-0.1, -0.05) is 30.4 Å². The van der Waals surface area contributed by atoms with E-state index in [2.05, 4.69) is 27.4 Å². The highest BCUT2D eigenvalue weighted by molar-refractivity contribution is 6.02. The van der Waals surface area contributed by atoms with Crippen molar-refractivity contribution in [2.45, 2.75) is 25.2 Å². The number of nitrogens with one attached hydrogen (secondary N) is 1. The number of aromatic carboxylic acids is 1. The zero-order valence-corrected chi connectivity index (χ0v) is 20.4. The molecule has 0 saturated carbocycles. The second kappa shape index (κ2) is 11.2. The lowest BCUT2D eigenvalue weighted by molar-refractivity contribution is 0.0696. The van der Waals surface area contributed by atoms with Crippen LogP contribution in [0, 0.1) is 5.92 Å². The van der Waals surface area contributed by atoms with Gasteiger partial charge in [0.25, 0.3) is 5.91 Å². The van der Waals surface area contributed by atoms with Crippen molar-refractivity contribution in [3.63, 3.8) is 0 Å². The molecule has 1 aromatic carbocycles. The molecule has 1 aliphatic carbocycles. The number of aromatic nitrogens is 1. The predicted molar refractivity (Wildman–Crippen MR) is 140 cm³/mol. The number of furan rings is 1. The minimum atomic E-state index is -0.961. The summed E-state index contributed by atoms with van der Waals surface area (Å²) in [6, 6.07) is 13.9. The van der Waals surface area contributed by atoms with Crippen LogP contribution >= 0.6 is 0 Å². The predicted octanol–water partition coefficient (Wildman–Crippen LogP) is 5.52. The largest absolute Gasteiger partial charge is 0.493 e. The summed E-state index contributed by atoms with van der Waals surface area (Å²) in [5.41, 5.74) is 0.834. The minimum Gasteiger partial charge on any atom is -0.493 e. The van der Waals surface area contributed by atoms with Crippen LogP contribution < -0.4 is 15.0 Å². The van der Waals surface area contributed by atoms with E-state index in [1.165, 1.54) is 0 Å². The maximum Gasteiger partial charge on any atom is 0.335 e. The van der Waals surface area contributed by atoms with Gasteiger partial charge in [-0.05, 0) is 67.6 Å². The van der Waals surface area contributed by atoms with E-state index in [1.807, 2.05) is 30.4 Å². The van der Waals surface area contributed by atoms with Crippen LogP contribution in [0.4, 0.5) is 11.5 Å². The fourth-order valence-corrected chi connectivity index (χ4v) is 4.57. The number of amides is 1. The van der Waals surface area contributed by atoms with Gasteiger partial charge < -0.3 is 24.5 Å². The van der Waals surface area contributed by atoms with E-state index in [4.69, 9.17) is 14.3 Å². The van der Waals surface area contributed by atoms with Gasteiger partial charge >= 0.3 is 5.97 Å². The van der Waals surface area contributed by atoms with E-state index in [0.717, 1.165) is 43.9 Å². The fourth-order valence-electron chi connectivity index (χ4n) is 4.57. The fraction of sp³-hybridized carbons (Fsp3) is 0.276. The Morgan fingerprint density at radius 1 is 1.11 bits per heavy atom. The zero-order valence-electron chi connectivity index (χ0n) is 20.4. The Balaban J connectivity index is 1.09. The maximum atomic E-state index is 12.6. The molecule has 1 saturated heterocycles. The second-order valence-corrected chi connectivity index (χ2v) is 9.29. The summed E-state index contributed by atoms with van der Waals surface area (Å²) in [7, 11) is 0. The molecule has 1 amide bonds. The van der Waals surface area contributed by atoms with Crippen LogP contribution in [0.5, 0.6) is 5.75 Å². The van der Waals surface area contributed by atoms with Crippen LogP contribution in [0.1, 0.15) is 51.9 Å². The van der Waals surface area contributed by atoms with Crippen LogP contribution in [0.15, 0.2) is 83.4 Å². The van der Waals surface area contributed by atoms with Crippen molar-refractivity contribution in [2.24, 2.45) is 5.92 Å². The lowest BCUT2D eigenvalue weighted by Gasteiger charge is -2.32. The lowest BCUT2D eigenvalue weighted by Crippen LogP contribution is -2.36. The molecule has 0 bridgehead atoms. The molecule has 0 radical (unpaired) electrons. The standard InChI is InChI=1S/C29H29N3O5/c33-28(26-11-10-25(37-26)21-5-2-1-3-6-21)31-23-9-12-27(30-18-23)32-15-13-20(14-16-32)19-36-24-8-4-7-22(17-24)29(34)35/h1-5,7-12,17-18,20-21H,6,13-16,19H2,(H,31,33)(H,34,35). The Labute approximate surface area is 215 Å². The molecule has 8 nitrogen and oxygen atoms in total. The highest BCUT2D eigenvalue weighted by atomic mass is 16.5. The number of carbonyl (C=O) groups is 2. The van der Waals surface area contributed by atoms with E-state index in [0.29, 0.717) is 24.0 Å². The number of piperidine rings is 1. The average molecular weight is 500 g/mol. The van der Waals surface area contributed by atoms with Crippen molar-refractivity contribution < 1.29 is 23.8 Å². The molecule has 1 aliphatic heterocycles. The molecule has 3 aromatic rings. The van der Waals surface area contributed by atoms with Gasteiger partial charge in [0, 0.05) is 19.0 Å². The second-order valence-electron chi connectivity index (χ2n) is 9.29. The van der Waals surface area contributed by atoms with Crippen molar-refractivity contribution >= 4 is 23.4 Å². The molecule has 1 fully saturated rings. The molecular weight excluding hydrogens is 470 g/mol. The normalized spacial score (nSPS) is 17.5. The lowest BCUT2D eigenvalue weighted by atomic mass is 9.98. The van der Waals surface area contributed by atoms with E-state index < -0.39 is 5.97 Å². The number of carboxylic acids is 1. The summed E-state index contributed by atoms with van der Waals surface area (Å²) in [4.78, 5) is 30.5. The van der Waals surface area contributed by atoms with E-state index in [1.54, 1.807) is 36.5 Å². The molecule has 0 spiro atoms. The van der Waals surface area contributed by atoms with Crippen molar-refractivity contribution in [2.75, 3.05) is 29.9 Å². The molecule has 190 valence electrons. The van der Waals surface area contributed by atoms with Gasteiger partial charge in [0.2, 0.25) is 0 Å². The topological polar surface area (TPSA) is 105 Å². The van der Waals surface area contributed by atoms with Gasteiger partial charge in [-0.25, -0.2) is 9.78 Å². The molecular formula is C29H29N3O5. The average Bonchev–Trinajstić information content (AvgIpc) is 3.44. The van der Waals surface area contributed by atoms with Crippen LogP contribution in [-0.2, 0) is 0 Å². The van der Waals surface area contributed by atoms with Gasteiger partial charge in [-0.15, -0.1) is 0 Å². The Kier molecular flexibility index (Phi) is 7.35. The number of rotatable bonds is 8. The number of carbonyl (C=O) groups excluding carboxylic acids is 1. The third-order valence-corrected chi connectivity index (χ3v) is 6.71. The van der Waals surface area contributed by atoms with E-state index in [9.17, 15) is 9.59 Å². The Morgan fingerprint density at radius 2 is 1.97 bits per heavy atom. The van der Waals surface area contributed by atoms with Crippen molar-refractivity contribution in [1.29, 1.82) is 0 Å². The first-order valence-electron chi connectivity index (χ1n) is 12.5. The highest BCUT2D eigenvalue weighted by Crippen LogP contribution is 2.27. The molecule has 2 aliphatic rings. The summed E-state index contributed by atoms with van der Waals surface area (Å²) in [5, 5.41) is 12.0. The third-order valence-electron chi connectivity index (χ3n) is 6.71. The van der Waals surface area contributed by atoms with Crippen LogP contribution in [-0.4, -0.2) is 41.7 Å². The van der Waals surface area contributed by atoms with Gasteiger partial charge in [0.05, 0.1) is 24.1 Å². The van der Waals surface area contributed by atoms with Crippen LogP contribution in [0.2, 0.25) is 0 Å². The van der Waals surface area contributed by atoms with Crippen molar-refractivity contribution in [3.8, 4) is 5.75 Å². The molecule has 37 heavy (non-hydrogen) atoms. The first-order valence-corrected chi connectivity index (χ1v) is 12.5. The van der Waals surface area contributed by atoms with Crippen LogP contribution in [0.3, 0.4) is 0 Å². The molecule has 8 heteroatoms. The van der Waals surface area contributed by atoms with Crippen molar-refractivity contribution in [1.82, 2.24) is 4.98 Å². The monoisotopic (exact) mass is 499 g/mol. The van der Waals surface area contributed by atoms with Gasteiger partial charge in [-0.3, -0.25) is 4.79 Å². The summed E-state index contributed by atoms with van der Waals surface area (Å²) >= 11 is 0. The maximum absolute atomic E-state index is 12.6. The molecule has 5 rings (SSSR count). The summed E-state index contributed by atoms with van der Waals surface area (Å²) < 4.78 is 11.6. The Morgan fingerprint density at radius 3 is 2.70 bits per heavy atom. The highest BCUT2D eigenvalue weighted by Gasteiger charge is 2.21. The number of carboxylic acid groups (broad SMARTS) is 1. The van der Waals surface area contributed by atoms with E-state index in [-0.39, 0.29) is 23.1 Å². The quantitative estimate of drug-likeness (QED) is 0.420. The molecule has 2 aromatic heterocycles. The molecule has 3 heterocycles. The van der Waals surface area contributed by atoms with Gasteiger partial charge in [0.15, 0.2) is 5.76 Å². The van der Waals surface area contributed by atoms with Gasteiger partial charge in [-0.2, -0.15) is 0 Å². The minimum absolute atomic E-state index is 0.159. The Bertz CT molecular complexity index is 1300. The number of hydrogen-bond donors (Lipinski definition) is 2. The number of anilines is 2. The Hall–Kier alpha value is -4.33. The SMILES string of the molecule is O=C(O)c1cccc(OCC2CCN(c3ccc(NC(=O)c4ccc(C5C=CC=CC5)o4)cn3)CC2)c1. The molecule has 1 atom stereocenters. The van der Waals surface area contributed by atoms with E-state index >= 15 is 0 Å². The number of hydrogen-bond acceptors (Lipinski definition) is 6. The summed E-state index contributed by atoms with van der Waals surface area (Å²) in [6.45, 7) is 2.25. The summed E-state index contributed by atoms with van der Waals surface area (Å²) in [6.07, 6.45) is 12.6. The van der Waals surface area contributed by atoms with Crippen molar-refractivity contribution in [3.05, 3.63) is 96.1 Å². The first kappa shape index (κ1) is 24.4.